The predicted octanol–water partition coefficient (Wildman–Crippen LogP) is 1.55. The lowest BCUT2D eigenvalue weighted by Gasteiger charge is -2.43. The van der Waals surface area contributed by atoms with Crippen LogP contribution in [0.5, 0.6) is 5.75 Å². The van der Waals surface area contributed by atoms with E-state index >= 15 is 0 Å². The molecular weight excluding hydrogens is 338 g/mol. The number of piperazine rings is 1. The van der Waals surface area contributed by atoms with Gasteiger partial charge in [0.05, 0.1) is 13.4 Å². The second-order valence-corrected chi connectivity index (χ2v) is 9.05. The Hall–Kier alpha value is -1.31. The van der Waals surface area contributed by atoms with Crippen LogP contribution in [0.15, 0.2) is 18.2 Å². The topological polar surface area (TPSA) is 53.1 Å². The highest BCUT2D eigenvalue weighted by atomic mass is 32.2. The Labute approximate surface area is 151 Å². The first kappa shape index (κ1) is 18.5. The van der Waals surface area contributed by atoms with Crippen molar-refractivity contribution in [3.8, 4) is 5.75 Å². The first-order chi connectivity index (χ1) is 11.9. The maximum atomic E-state index is 11.6. The van der Waals surface area contributed by atoms with Crippen molar-refractivity contribution < 1.29 is 13.2 Å². The molecule has 0 amide bonds. The highest BCUT2D eigenvalue weighted by molar-refractivity contribution is 7.88. The van der Waals surface area contributed by atoms with Gasteiger partial charge in [-0.1, -0.05) is 6.07 Å². The highest BCUT2D eigenvalue weighted by Crippen LogP contribution is 2.29. The van der Waals surface area contributed by atoms with Crippen molar-refractivity contribution in [3.05, 3.63) is 23.8 Å². The summed E-state index contributed by atoms with van der Waals surface area (Å²) in [4.78, 5) is 4.92. The summed E-state index contributed by atoms with van der Waals surface area (Å²) in [5.74, 6) is 0.902. The number of sulfonamides is 1. The monoisotopic (exact) mass is 367 g/mol. The zero-order valence-electron chi connectivity index (χ0n) is 15.4. The lowest BCUT2D eigenvalue weighted by molar-refractivity contribution is 0.120. The third kappa shape index (κ3) is 4.27. The van der Waals surface area contributed by atoms with E-state index < -0.39 is 10.0 Å². The Bertz CT molecular complexity index is 692. The first-order valence-corrected chi connectivity index (χ1v) is 10.8. The van der Waals surface area contributed by atoms with Gasteiger partial charge in [-0.15, -0.1) is 0 Å². The fourth-order valence-electron chi connectivity index (χ4n) is 3.93. The normalized spacial score (nSPS) is 21.5. The number of ether oxygens (including phenoxy) is 1. The summed E-state index contributed by atoms with van der Waals surface area (Å²) in [7, 11) is -1.34. The van der Waals surface area contributed by atoms with Gasteiger partial charge in [-0.3, -0.25) is 4.90 Å². The third-order valence-corrected chi connectivity index (χ3v) is 6.78. The Balaban J connectivity index is 1.56. The van der Waals surface area contributed by atoms with E-state index in [0.29, 0.717) is 19.1 Å². The van der Waals surface area contributed by atoms with Crippen molar-refractivity contribution in [1.82, 2.24) is 9.21 Å². The van der Waals surface area contributed by atoms with Crippen LogP contribution >= 0.6 is 0 Å². The second kappa shape index (κ2) is 7.51. The molecule has 25 heavy (non-hydrogen) atoms. The smallest absolute Gasteiger partial charge is 0.211 e. The number of methoxy groups -OCH3 is 1. The minimum atomic E-state index is -3.05. The zero-order valence-corrected chi connectivity index (χ0v) is 16.3. The summed E-state index contributed by atoms with van der Waals surface area (Å²) in [5, 5.41) is 0. The summed E-state index contributed by atoms with van der Waals surface area (Å²) in [5.41, 5.74) is 2.54. The van der Waals surface area contributed by atoms with Crippen molar-refractivity contribution >= 4 is 15.7 Å². The van der Waals surface area contributed by atoms with Crippen molar-refractivity contribution in [3.63, 3.8) is 0 Å². The van der Waals surface area contributed by atoms with Gasteiger partial charge in [-0.25, -0.2) is 8.42 Å². The zero-order chi connectivity index (χ0) is 18.0. The molecule has 3 rings (SSSR count). The molecule has 1 aromatic rings. The van der Waals surface area contributed by atoms with Crippen molar-refractivity contribution in [2.75, 3.05) is 57.5 Å². The highest BCUT2D eigenvalue weighted by Gasteiger charge is 2.30. The molecule has 1 aromatic carbocycles. The molecule has 2 aliphatic heterocycles. The van der Waals surface area contributed by atoms with Gasteiger partial charge in [0, 0.05) is 57.1 Å². The maximum absolute atomic E-state index is 11.6. The molecule has 6 nitrogen and oxygen atoms in total. The SMILES string of the molecule is COc1ccc(C)c(N2CCC(N3CCN(S(C)(=O)=O)CC3)CC2)c1. The van der Waals surface area contributed by atoms with Gasteiger partial charge in [0.15, 0.2) is 0 Å². The molecule has 0 saturated carbocycles. The molecule has 2 heterocycles. The molecule has 0 N–H and O–H groups in total. The van der Waals surface area contributed by atoms with Gasteiger partial charge >= 0.3 is 0 Å². The maximum Gasteiger partial charge on any atom is 0.211 e. The summed E-state index contributed by atoms with van der Waals surface area (Å²) in [6.07, 6.45) is 3.54. The summed E-state index contributed by atoms with van der Waals surface area (Å²) < 4.78 is 30.2. The van der Waals surface area contributed by atoms with Crippen LogP contribution in [0, 0.1) is 6.92 Å². The molecule has 0 spiro atoms. The Morgan fingerprint density at radius 1 is 1.04 bits per heavy atom. The molecule has 2 fully saturated rings. The van der Waals surface area contributed by atoms with E-state index in [2.05, 4.69) is 28.9 Å². The standard InChI is InChI=1S/C18H29N3O3S/c1-15-4-5-17(24-2)14-18(15)20-8-6-16(7-9-20)19-10-12-21(13-11-19)25(3,22)23/h4-5,14,16H,6-13H2,1-3H3. The molecule has 2 saturated heterocycles. The summed E-state index contributed by atoms with van der Waals surface area (Å²) in [6, 6.07) is 6.81. The van der Waals surface area contributed by atoms with Crippen LogP contribution in [0.3, 0.4) is 0 Å². The van der Waals surface area contributed by atoms with Gasteiger partial charge in [0.2, 0.25) is 10.0 Å². The van der Waals surface area contributed by atoms with Crippen LogP contribution in [0.25, 0.3) is 0 Å². The van der Waals surface area contributed by atoms with Crippen LogP contribution in [0.1, 0.15) is 18.4 Å². The van der Waals surface area contributed by atoms with E-state index in [9.17, 15) is 8.42 Å². The quantitative estimate of drug-likeness (QED) is 0.808. The first-order valence-electron chi connectivity index (χ1n) is 8.97. The number of aryl methyl sites for hydroxylation is 1. The lowest BCUT2D eigenvalue weighted by Crippen LogP contribution is -2.54. The molecule has 140 valence electrons. The van der Waals surface area contributed by atoms with Gasteiger partial charge in [-0.05, 0) is 31.4 Å². The number of anilines is 1. The minimum absolute atomic E-state index is 0.559. The molecule has 0 radical (unpaired) electrons. The van der Waals surface area contributed by atoms with Crippen LogP contribution in [0.2, 0.25) is 0 Å². The molecule has 0 atom stereocenters. The average Bonchev–Trinajstić information content (AvgIpc) is 2.62. The fraction of sp³-hybridized carbons (Fsp3) is 0.667. The number of hydrogen-bond acceptors (Lipinski definition) is 5. The number of piperidine rings is 1. The number of nitrogens with zero attached hydrogens (tertiary/aromatic N) is 3. The van der Waals surface area contributed by atoms with Gasteiger partial charge in [-0.2, -0.15) is 4.31 Å². The van der Waals surface area contributed by atoms with E-state index in [-0.39, 0.29) is 0 Å². The van der Waals surface area contributed by atoms with E-state index in [4.69, 9.17) is 4.74 Å². The Morgan fingerprint density at radius 3 is 2.24 bits per heavy atom. The summed E-state index contributed by atoms with van der Waals surface area (Å²) in [6.45, 7) is 7.13. The molecule has 0 aromatic heterocycles. The van der Waals surface area contributed by atoms with E-state index in [1.54, 1.807) is 11.4 Å². The molecule has 2 aliphatic rings. The van der Waals surface area contributed by atoms with E-state index in [0.717, 1.165) is 44.8 Å². The number of rotatable bonds is 4. The molecular formula is C18H29N3O3S. The minimum Gasteiger partial charge on any atom is -0.497 e. The van der Waals surface area contributed by atoms with Gasteiger partial charge in [0.1, 0.15) is 5.75 Å². The van der Waals surface area contributed by atoms with Crippen LogP contribution in [-0.2, 0) is 10.0 Å². The summed E-state index contributed by atoms with van der Waals surface area (Å²) >= 11 is 0. The van der Waals surface area contributed by atoms with Crippen molar-refractivity contribution in [1.29, 1.82) is 0 Å². The van der Waals surface area contributed by atoms with Crippen molar-refractivity contribution in [2.24, 2.45) is 0 Å². The number of benzene rings is 1. The van der Waals surface area contributed by atoms with Gasteiger partial charge < -0.3 is 9.64 Å². The van der Waals surface area contributed by atoms with Crippen LogP contribution < -0.4 is 9.64 Å². The predicted molar refractivity (Wildman–Crippen MR) is 101 cm³/mol. The Morgan fingerprint density at radius 2 is 1.68 bits per heavy atom. The fourth-order valence-corrected chi connectivity index (χ4v) is 4.76. The van der Waals surface area contributed by atoms with E-state index in [1.165, 1.54) is 17.5 Å². The number of hydrogen-bond donors (Lipinski definition) is 0. The van der Waals surface area contributed by atoms with Crippen LogP contribution in [-0.4, -0.2) is 76.3 Å². The molecule has 7 heteroatoms. The van der Waals surface area contributed by atoms with Gasteiger partial charge in [0.25, 0.3) is 0 Å². The largest absolute Gasteiger partial charge is 0.497 e. The molecule has 0 unspecified atom stereocenters. The molecule has 0 aliphatic carbocycles. The van der Waals surface area contributed by atoms with Crippen molar-refractivity contribution in [2.45, 2.75) is 25.8 Å². The Kier molecular flexibility index (Phi) is 5.55. The third-order valence-electron chi connectivity index (χ3n) is 5.48. The van der Waals surface area contributed by atoms with E-state index in [1.807, 2.05) is 6.07 Å². The second-order valence-electron chi connectivity index (χ2n) is 7.07. The average molecular weight is 368 g/mol. The van der Waals surface area contributed by atoms with Crippen LogP contribution in [0.4, 0.5) is 5.69 Å². The molecule has 0 bridgehead atoms. The lowest BCUT2D eigenvalue weighted by atomic mass is 10.0.